The number of hydrogen-bond donors (Lipinski definition) is 1. The molecule has 2 rings (SSSR count). The third kappa shape index (κ3) is 2.37. The normalized spacial score (nSPS) is 11.3. The molecule has 1 N–H and O–H groups in total. The van der Waals surface area contributed by atoms with E-state index in [0.29, 0.717) is 0 Å². The summed E-state index contributed by atoms with van der Waals surface area (Å²) in [7, 11) is -0.942. The van der Waals surface area contributed by atoms with Crippen LogP contribution in [0, 0.1) is 0 Å². The monoisotopic (exact) mass is 295 g/mol. The van der Waals surface area contributed by atoms with Crippen LogP contribution in [0.5, 0.6) is 0 Å². The van der Waals surface area contributed by atoms with Gasteiger partial charge in [0.1, 0.15) is 0 Å². The highest BCUT2D eigenvalue weighted by molar-refractivity contribution is 7.92. The molecule has 0 radical (unpaired) electrons. The van der Waals surface area contributed by atoms with E-state index in [0.717, 1.165) is 4.31 Å². The number of hydrogen-bond acceptors (Lipinski definition) is 4. The summed E-state index contributed by atoms with van der Waals surface area (Å²) in [6, 6.07) is 5.90. The number of carbonyl (C=O) groups is 1. The molecule has 0 unspecified atom stereocenters. The second-order valence-corrected chi connectivity index (χ2v) is 6.09. The third-order valence-electron chi connectivity index (χ3n) is 2.78. The van der Waals surface area contributed by atoms with Gasteiger partial charge in [-0.25, -0.2) is 9.78 Å². The van der Waals surface area contributed by atoms with Gasteiger partial charge in [0.25, 0.3) is 10.0 Å². The van der Waals surface area contributed by atoms with Gasteiger partial charge < -0.3 is 9.67 Å². The Kier molecular flexibility index (Phi) is 3.49. The fourth-order valence-corrected chi connectivity index (χ4v) is 2.90. The number of sulfonamides is 1. The lowest BCUT2D eigenvalue weighted by atomic mass is 10.2. The number of imidazole rings is 1. The number of carboxylic acid groups (broad SMARTS) is 1. The number of benzene rings is 1. The first-order valence-electron chi connectivity index (χ1n) is 5.63. The Morgan fingerprint density at radius 3 is 2.55 bits per heavy atom. The highest BCUT2D eigenvalue weighted by Crippen LogP contribution is 2.24. The maximum Gasteiger partial charge on any atom is 0.337 e. The van der Waals surface area contributed by atoms with Gasteiger partial charge >= 0.3 is 5.97 Å². The van der Waals surface area contributed by atoms with E-state index >= 15 is 0 Å². The van der Waals surface area contributed by atoms with Crippen LogP contribution in [0.4, 0.5) is 5.69 Å². The number of carboxylic acids is 1. The Labute approximate surface area is 116 Å². The molecule has 0 bridgehead atoms. The van der Waals surface area contributed by atoms with E-state index in [1.807, 2.05) is 0 Å². The van der Waals surface area contributed by atoms with Gasteiger partial charge in [-0.2, -0.15) is 8.42 Å². The SMILES string of the molecule is CN(c1ccccc1C(=O)O)S(=O)(=O)c1cn(C)cn1. The number of aromatic carboxylic acids is 1. The average Bonchev–Trinajstić information content (AvgIpc) is 2.85. The Balaban J connectivity index is 2.51. The van der Waals surface area contributed by atoms with Crippen molar-refractivity contribution in [2.24, 2.45) is 7.05 Å². The molecular weight excluding hydrogens is 282 g/mol. The third-order valence-corrected chi connectivity index (χ3v) is 4.44. The first-order chi connectivity index (χ1) is 9.34. The predicted molar refractivity (Wildman–Crippen MR) is 72.2 cm³/mol. The van der Waals surface area contributed by atoms with Crippen molar-refractivity contribution in [2.75, 3.05) is 11.4 Å². The summed E-state index contributed by atoms with van der Waals surface area (Å²) in [6.07, 6.45) is 2.72. The summed E-state index contributed by atoms with van der Waals surface area (Å²) >= 11 is 0. The van der Waals surface area contributed by atoms with Gasteiger partial charge in [0.15, 0.2) is 5.03 Å². The molecule has 0 fully saturated rings. The fourth-order valence-electron chi connectivity index (χ4n) is 1.72. The fraction of sp³-hybridized carbons (Fsp3) is 0.167. The maximum absolute atomic E-state index is 12.4. The summed E-state index contributed by atoms with van der Waals surface area (Å²) in [5.41, 5.74) is 0.000147. The number of anilines is 1. The van der Waals surface area contributed by atoms with Gasteiger partial charge in [-0.1, -0.05) is 12.1 Å². The minimum atomic E-state index is -3.89. The van der Waals surface area contributed by atoms with Crippen molar-refractivity contribution in [2.45, 2.75) is 5.03 Å². The van der Waals surface area contributed by atoms with Crippen LogP contribution in [0.1, 0.15) is 10.4 Å². The molecule has 106 valence electrons. The Hall–Kier alpha value is -2.35. The minimum Gasteiger partial charge on any atom is -0.478 e. The number of aryl methyl sites for hydroxylation is 1. The van der Waals surface area contributed by atoms with Crippen LogP contribution in [0.3, 0.4) is 0 Å². The van der Waals surface area contributed by atoms with Crippen molar-refractivity contribution in [1.82, 2.24) is 9.55 Å². The van der Waals surface area contributed by atoms with Crippen molar-refractivity contribution < 1.29 is 18.3 Å². The van der Waals surface area contributed by atoms with Gasteiger partial charge in [-0.05, 0) is 12.1 Å². The average molecular weight is 295 g/mol. The van der Waals surface area contributed by atoms with Crippen molar-refractivity contribution in [3.05, 3.63) is 42.4 Å². The van der Waals surface area contributed by atoms with Crippen LogP contribution in [-0.4, -0.2) is 36.1 Å². The smallest absolute Gasteiger partial charge is 0.337 e. The summed E-state index contributed by atoms with van der Waals surface area (Å²) in [4.78, 5) is 14.9. The molecule has 20 heavy (non-hydrogen) atoms. The molecule has 1 heterocycles. The van der Waals surface area contributed by atoms with Crippen LogP contribution >= 0.6 is 0 Å². The molecule has 1 aromatic heterocycles. The minimum absolute atomic E-state index is 0.0884. The first-order valence-corrected chi connectivity index (χ1v) is 7.07. The molecule has 0 spiro atoms. The second-order valence-electron chi connectivity index (χ2n) is 4.17. The largest absolute Gasteiger partial charge is 0.478 e. The van der Waals surface area contributed by atoms with Crippen molar-refractivity contribution >= 4 is 21.7 Å². The molecule has 2 aromatic rings. The number of para-hydroxylation sites is 1. The molecule has 0 saturated carbocycles. The summed E-state index contributed by atoms with van der Waals surface area (Å²) in [6.45, 7) is 0. The van der Waals surface area contributed by atoms with E-state index in [4.69, 9.17) is 5.11 Å². The lowest BCUT2D eigenvalue weighted by molar-refractivity contribution is 0.0698. The molecule has 0 atom stereocenters. The van der Waals surface area contributed by atoms with Gasteiger partial charge in [0, 0.05) is 20.3 Å². The molecule has 0 aliphatic heterocycles. The zero-order chi connectivity index (χ0) is 14.9. The van der Waals surface area contributed by atoms with Crippen LogP contribution in [-0.2, 0) is 17.1 Å². The highest BCUT2D eigenvalue weighted by Gasteiger charge is 2.26. The van der Waals surface area contributed by atoms with Gasteiger partial charge in [0.05, 0.1) is 17.6 Å². The predicted octanol–water partition coefficient (Wildman–Crippen LogP) is 0.943. The van der Waals surface area contributed by atoms with E-state index in [1.165, 1.54) is 42.3 Å². The lowest BCUT2D eigenvalue weighted by Crippen LogP contribution is -2.28. The molecule has 0 amide bonds. The van der Waals surface area contributed by atoms with E-state index in [9.17, 15) is 13.2 Å². The number of rotatable bonds is 4. The van der Waals surface area contributed by atoms with E-state index in [2.05, 4.69) is 4.98 Å². The summed E-state index contributed by atoms with van der Waals surface area (Å²) in [5, 5.41) is 8.98. The quantitative estimate of drug-likeness (QED) is 0.906. The standard InChI is InChI=1S/C12H13N3O4S/c1-14-7-11(13-8-14)20(18,19)15(2)10-6-4-3-5-9(10)12(16)17/h3-8H,1-2H3,(H,16,17). The molecule has 0 aliphatic rings. The topological polar surface area (TPSA) is 92.5 Å². The molecule has 0 saturated heterocycles. The molecular formula is C12H13N3O4S. The van der Waals surface area contributed by atoms with Crippen LogP contribution in [0.2, 0.25) is 0 Å². The number of aromatic nitrogens is 2. The van der Waals surface area contributed by atoms with Crippen molar-refractivity contribution in [3.63, 3.8) is 0 Å². The molecule has 0 aliphatic carbocycles. The second kappa shape index (κ2) is 4.97. The Bertz CT molecular complexity index is 752. The first kappa shape index (κ1) is 14.1. The maximum atomic E-state index is 12.4. The molecule has 7 nitrogen and oxygen atoms in total. The lowest BCUT2D eigenvalue weighted by Gasteiger charge is -2.19. The van der Waals surface area contributed by atoms with Crippen molar-refractivity contribution in [1.29, 1.82) is 0 Å². The van der Waals surface area contributed by atoms with E-state index < -0.39 is 16.0 Å². The Morgan fingerprint density at radius 2 is 2.00 bits per heavy atom. The summed E-state index contributed by atoms with van der Waals surface area (Å²) < 4.78 is 27.2. The van der Waals surface area contributed by atoms with Crippen LogP contribution in [0.15, 0.2) is 41.8 Å². The van der Waals surface area contributed by atoms with E-state index in [1.54, 1.807) is 13.1 Å². The highest BCUT2D eigenvalue weighted by atomic mass is 32.2. The van der Waals surface area contributed by atoms with Crippen LogP contribution < -0.4 is 4.31 Å². The zero-order valence-electron chi connectivity index (χ0n) is 10.9. The van der Waals surface area contributed by atoms with E-state index in [-0.39, 0.29) is 16.3 Å². The van der Waals surface area contributed by atoms with Crippen LogP contribution in [0.25, 0.3) is 0 Å². The zero-order valence-corrected chi connectivity index (χ0v) is 11.7. The Morgan fingerprint density at radius 1 is 1.35 bits per heavy atom. The van der Waals surface area contributed by atoms with Gasteiger partial charge in [-0.15, -0.1) is 0 Å². The molecule has 1 aromatic carbocycles. The van der Waals surface area contributed by atoms with Crippen molar-refractivity contribution in [3.8, 4) is 0 Å². The molecule has 8 heteroatoms. The summed E-state index contributed by atoms with van der Waals surface area (Å²) in [5.74, 6) is -1.19. The van der Waals surface area contributed by atoms with Gasteiger partial charge in [0.2, 0.25) is 0 Å². The van der Waals surface area contributed by atoms with Gasteiger partial charge in [-0.3, -0.25) is 4.31 Å². The number of nitrogens with zero attached hydrogens (tertiary/aromatic N) is 3.